The predicted octanol–water partition coefficient (Wildman–Crippen LogP) is 14.0. The molecular weight excluding hydrogens is 997 g/mol. The third kappa shape index (κ3) is 8.48. The van der Waals surface area contributed by atoms with E-state index in [1.54, 1.807) is 12.1 Å². The number of pyridine rings is 2. The Labute approximate surface area is 386 Å². The van der Waals surface area contributed by atoms with Crippen molar-refractivity contribution in [3.05, 3.63) is 187 Å². The molecule has 0 aliphatic rings. The van der Waals surface area contributed by atoms with E-state index >= 15 is 0 Å². The van der Waals surface area contributed by atoms with Crippen molar-refractivity contribution in [3.8, 4) is 50.6 Å². The van der Waals surface area contributed by atoms with E-state index in [1.807, 2.05) is 69.4 Å². The fourth-order valence-electron chi connectivity index (χ4n) is 7.91. The Morgan fingerprint density at radius 1 is 0.742 bits per heavy atom. The first-order chi connectivity index (χ1) is 31.0. The Morgan fingerprint density at radius 2 is 1.48 bits per heavy atom. The number of aryl methyl sites for hydroxylation is 2. The molecule has 1 radical (unpaired) electrons. The van der Waals surface area contributed by atoms with Crippen LogP contribution in [-0.4, -0.2) is 32.8 Å². The van der Waals surface area contributed by atoms with E-state index in [2.05, 4.69) is 135 Å². The van der Waals surface area contributed by atoms with Gasteiger partial charge in [0.15, 0.2) is 0 Å². The van der Waals surface area contributed by atoms with Crippen LogP contribution in [0.4, 0.5) is 0 Å². The van der Waals surface area contributed by atoms with Crippen LogP contribution in [0.25, 0.3) is 83.7 Å². The third-order valence-corrected chi connectivity index (χ3v) is 15.2. The maximum Gasteiger partial charge on any atom is 0 e. The number of fused-ring (bicyclic) bond motifs is 4. The van der Waals surface area contributed by atoms with Gasteiger partial charge in [-0.2, -0.15) is 0 Å². The minimum absolute atomic E-state index is 0. The molecule has 0 fully saturated rings. The Morgan fingerprint density at radius 3 is 2.19 bits per heavy atom. The van der Waals surface area contributed by atoms with Crippen molar-refractivity contribution in [1.29, 1.82) is 0 Å². The number of hydrogen-bond donors (Lipinski definition) is 0. The molecule has 4 heterocycles. The van der Waals surface area contributed by atoms with Crippen LogP contribution in [0.1, 0.15) is 42.0 Å². The van der Waals surface area contributed by atoms with Crippen LogP contribution in [0, 0.1) is 25.9 Å². The molecule has 10 aromatic rings. The monoisotopic (exact) mass is 1050 g/mol. The molecule has 0 saturated carbocycles. The average Bonchev–Trinajstić information content (AvgIpc) is 3.87. The Hall–Kier alpha value is -5.92. The van der Waals surface area contributed by atoms with E-state index in [-0.39, 0.29) is 25.7 Å². The summed E-state index contributed by atoms with van der Waals surface area (Å²) in [5.41, 5.74) is 13.3. The summed E-state index contributed by atoms with van der Waals surface area (Å²) < 4.78 is 40.7. The largest absolute Gasteiger partial charge is 0 e. The van der Waals surface area contributed by atoms with Gasteiger partial charge in [0, 0.05) is 42.4 Å². The van der Waals surface area contributed by atoms with Crippen LogP contribution in [0.15, 0.2) is 162 Å². The molecule has 10 rings (SSSR count). The van der Waals surface area contributed by atoms with E-state index < -0.39 is 26.0 Å². The predicted molar refractivity (Wildman–Crippen MR) is 256 cm³/mol. The molecule has 0 amide bonds. The van der Waals surface area contributed by atoms with Crippen LogP contribution >= 0.6 is 0 Å². The van der Waals surface area contributed by atoms with Crippen molar-refractivity contribution in [1.82, 2.24) is 19.5 Å². The number of furan rings is 1. The quantitative estimate of drug-likeness (QED) is 0.118. The number of rotatable bonds is 7. The first-order valence-electron chi connectivity index (χ1n) is 22.5. The molecule has 309 valence electrons. The molecule has 7 heteroatoms. The fraction of sp³-hybridized carbons (Fsp3) is 0.145. The van der Waals surface area contributed by atoms with Gasteiger partial charge in [-0.1, -0.05) is 95.9 Å². The van der Waals surface area contributed by atoms with Crippen molar-refractivity contribution in [2.45, 2.75) is 50.8 Å². The topological polar surface area (TPSA) is 56.7 Å². The molecule has 6 aromatic carbocycles. The molecule has 0 N–H and O–H groups in total. The maximum absolute atomic E-state index is 8.49. The summed E-state index contributed by atoms with van der Waals surface area (Å²) in [6, 6.07) is 57.3. The zero-order chi connectivity index (χ0) is 45.7. The number of para-hydroxylation sites is 2. The summed E-state index contributed by atoms with van der Waals surface area (Å²) in [5, 5.41) is 1.99. The second-order valence-corrected chi connectivity index (χ2v) is 27.2. The van der Waals surface area contributed by atoms with Gasteiger partial charge < -0.3 is 8.98 Å². The first-order valence-corrected chi connectivity index (χ1v) is 27.9. The van der Waals surface area contributed by atoms with Crippen molar-refractivity contribution >= 4 is 50.8 Å². The van der Waals surface area contributed by atoms with Crippen molar-refractivity contribution in [3.63, 3.8) is 0 Å². The first kappa shape index (κ1) is 37.8. The van der Waals surface area contributed by atoms with Gasteiger partial charge >= 0.3 is 131 Å². The smallest absolute Gasteiger partial charge is 0 e. The zero-order valence-electron chi connectivity index (χ0n) is 39.5. The Bertz CT molecular complexity index is 3340. The minimum Gasteiger partial charge on any atom is 0 e. The fourth-order valence-corrected chi connectivity index (χ4v) is 11.2. The van der Waals surface area contributed by atoms with Crippen LogP contribution in [0.3, 0.4) is 0 Å². The molecule has 0 saturated heterocycles. The number of hydrogen-bond acceptors (Lipinski definition) is 4. The molecule has 4 aromatic heterocycles. The molecule has 0 spiro atoms. The van der Waals surface area contributed by atoms with Gasteiger partial charge in [-0.3, -0.25) is 4.98 Å². The molecular formula is C55H48GeIrN4O-2. The second kappa shape index (κ2) is 17.8. The van der Waals surface area contributed by atoms with Gasteiger partial charge in [0.1, 0.15) is 0 Å². The van der Waals surface area contributed by atoms with Crippen LogP contribution in [0.2, 0.25) is 17.3 Å². The van der Waals surface area contributed by atoms with Gasteiger partial charge in [0.05, 0.1) is 22.4 Å². The van der Waals surface area contributed by atoms with Crippen LogP contribution in [-0.2, 0) is 20.1 Å². The van der Waals surface area contributed by atoms with E-state index in [0.717, 1.165) is 89.2 Å². The summed E-state index contributed by atoms with van der Waals surface area (Å²) in [7, 11) is 0. The standard InChI is InChI=1S/C37H24N3O.C18H24GeN.Ir/c1-24-19-21-30-29-15-10-16-31(35(29)41-37(30)38-24)36-39-32-17-8-9-18-33(32)40(36)34-23-27(25-11-4-2-5-12-25)20-22-28(34)26-13-6-3-7-14-26;1-13(2)16-11-18(15-9-7-14(3)8-10-15)20-12-17(16)19(4,5)6;/h2-15,17-23H,1H3;7-9,11-13H,1-6H3;/q2*-1;/i;3D3,13D;. The molecule has 0 aliphatic heterocycles. The average molecular weight is 1050 g/mol. The molecule has 0 aliphatic carbocycles. The number of aromatic nitrogens is 4. The molecule has 0 atom stereocenters. The van der Waals surface area contributed by atoms with Gasteiger partial charge in [-0.05, 0) is 53.9 Å². The van der Waals surface area contributed by atoms with Crippen molar-refractivity contribution in [2.24, 2.45) is 0 Å². The van der Waals surface area contributed by atoms with Crippen LogP contribution in [0.5, 0.6) is 0 Å². The van der Waals surface area contributed by atoms with E-state index in [0.29, 0.717) is 5.71 Å². The number of imidazole rings is 1. The van der Waals surface area contributed by atoms with Gasteiger partial charge in [-0.25, -0.2) is 4.98 Å². The van der Waals surface area contributed by atoms with E-state index in [1.165, 1.54) is 10.5 Å². The van der Waals surface area contributed by atoms with Gasteiger partial charge in [0.2, 0.25) is 5.71 Å². The van der Waals surface area contributed by atoms with E-state index in [9.17, 15) is 0 Å². The van der Waals surface area contributed by atoms with E-state index in [4.69, 9.17) is 14.9 Å². The van der Waals surface area contributed by atoms with Crippen LogP contribution < -0.4 is 4.40 Å². The number of benzene rings is 6. The van der Waals surface area contributed by atoms with Gasteiger partial charge in [0.25, 0.3) is 0 Å². The van der Waals surface area contributed by atoms with Crippen molar-refractivity contribution in [2.75, 3.05) is 0 Å². The molecule has 62 heavy (non-hydrogen) atoms. The molecule has 0 unspecified atom stereocenters. The number of nitrogens with zero attached hydrogens (tertiary/aromatic N) is 4. The Balaban J connectivity index is 0.000000204. The normalized spacial score (nSPS) is 12.8. The summed E-state index contributed by atoms with van der Waals surface area (Å²) in [4.78, 5) is 14.4. The maximum atomic E-state index is 8.49. The van der Waals surface area contributed by atoms with Gasteiger partial charge in [-0.15, -0.1) is 18.2 Å². The Kier molecular flexibility index (Phi) is 10.9. The summed E-state index contributed by atoms with van der Waals surface area (Å²) in [6.07, 6.45) is 1.91. The summed E-state index contributed by atoms with van der Waals surface area (Å²) in [5.74, 6) is 6.95. The summed E-state index contributed by atoms with van der Waals surface area (Å²) in [6.45, 7) is 3.64. The zero-order valence-corrected chi connectivity index (χ0v) is 40.0. The molecule has 5 nitrogen and oxygen atoms in total. The second-order valence-electron chi connectivity index (χ2n) is 16.6. The third-order valence-electron chi connectivity index (χ3n) is 11.0. The molecule has 0 bridgehead atoms. The summed E-state index contributed by atoms with van der Waals surface area (Å²) >= 11 is -2.14. The minimum atomic E-state index is -2.14. The SMILES string of the molecule is Cc1ccc2c(n1)oc1c(-c3nc4ccccc4n3-c3cc(-c4ccccc4)ccc3-c3ccccc3)[c-]ccc12.[2H]C([2H])([2H])c1c[c-]c(-c2cc(C([2H])(C)C)[c]([Ge]([CH3])([CH3])[CH3])cn2)cc1.[Ir]. The van der Waals surface area contributed by atoms with Crippen molar-refractivity contribution < 1.29 is 30.0 Å².